The van der Waals surface area contributed by atoms with Gasteiger partial charge in [0, 0.05) is 24.3 Å². The fraction of sp³-hybridized carbons (Fsp3) is 0.500. The Hall–Kier alpha value is -1.72. The predicted molar refractivity (Wildman–Crippen MR) is 70.9 cm³/mol. The maximum Gasteiger partial charge on any atom is 0.406 e. The van der Waals surface area contributed by atoms with Crippen LogP contribution in [-0.4, -0.2) is 36.6 Å². The lowest BCUT2D eigenvalue weighted by Crippen LogP contribution is -2.38. The van der Waals surface area contributed by atoms with Crippen LogP contribution in [0.4, 0.5) is 18.9 Å². The van der Waals surface area contributed by atoms with Crippen molar-refractivity contribution in [2.45, 2.75) is 25.9 Å². The lowest BCUT2D eigenvalue weighted by molar-refractivity contribution is -0.140. The highest BCUT2D eigenvalue weighted by atomic mass is 19.4. The third-order valence-corrected chi connectivity index (χ3v) is 3.33. The summed E-state index contributed by atoms with van der Waals surface area (Å²) in [6.45, 7) is 1.25. The molecule has 1 heterocycles. The fourth-order valence-corrected chi connectivity index (χ4v) is 2.33. The molecular formula is C14H17F3N2O. The Bertz CT molecular complexity index is 500. The van der Waals surface area contributed by atoms with E-state index in [0.29, 0.717) is 5.56 Å². The molecule has 0 aliphatic carbocycles. The molecule has 1 aliphatic rings. The van der Waals surface area contributed by atoms with Crippen LogP contribution < -0.4 is 5.32 Å². The van der Waals surface area contributed by atoms with Crippen LogP contribution in [0, 0.1) is 0 Å². The van der Waals surface area contributed by atoms with Crippen LogP contribution in [0.25, 0.3) is 0 Å². The largest absolute Gasteiger partial charge is 0.406 e. The summed E-state index contributed by atoms with van der Waals surface area (Å²) in [5.74, 6) is -0.571. The molecule has 0 saturated heterocycles. The zero-order valence-electron chi connectivity index (χ0n) is 11.3. The van der Waals surface area contributed by atoms with Crippen molar-refractivity contribution in [3.8, 4) is 0 Å². The summed E-state index contributed by atoms with van der Waals surface area (Å²) in [5.41, 5.74) is 2.27. The predicted octanol–water partition coefficient (Wildman–Crippen LogP) is 3.07. The van der Waals surface area contributed by atoms with Gasteiger partial charge in [-0.25, -0.2) is 0 Å². The van der Waals surface area contributed by atoms with Crippen LogP contribution in [0.2, 0.25) is 0 Å². The SMILES string of the molecule is CCN(CC(F)(F)F)C(=O)c1ccc2c(c1)CCCN2. The van der Waals surface area contributed by atoms with E-state index in [4.69, 9.17) is 0 Å². The molecule has 0 radical (unpaired) electrons. The molecular weight excluding hydrogens is 269 g/mol. The summed E-state index contributed by atoms with van der Waals surface area (Å²) in [6.07, 6.45) is -2.57. The van der Waals surface area contributed by atoms with Gasteiger partial charge in [-0.2, -0.15) is 13.2 Å². The van der Waals surface area contributed by atoms with Gasteiger partial charge in [-0.15, -0.1) is 0 Å². The first-order chi connectivity index (χ1) is 9.40. The Balaban J connectivity index is 2.19. The minimum absolute atomic E-state index is 0.0354. The van der Waals surface area contributed by atoms with Gasteiger partial charge in [0.25, 0.3) is 5.91 Å². The first-order valence-corrected chi connectivity index (χ1v) is 6.63. The van der Waals surface area contributed by atoms with Crippen molar-refractivity contribution in [2.75, 3.05) is 25.0 Å². The Morgan fingerprint density at radius 3 is 2.80 bits per heavy atom. The van der Waals surface area contributed by atoms with E-state index < -0.39 is 18.6 Å². The monoisotopic (exact) mass is 286 g/mol. The van der Waals surface area contributed by atoms with E-state index in [1.54, 1.807) is 25.1 Å². The van der Waals surface area contributed by atoms with Crippen LogP contribution in [-0.2, 0) is 6.42 Å². The van der Waals surface area contributed by atoms with Gasteiger partial charge >= 0.3 is 6.18 Å². The summed E-state index contributed by atoms with van der Waals surface area (Å²) >= 11 is 0. The zero-order chi connectivity index (χ0) is 14.8. The number of benzene rings is 1. The Labute approximate surface area is 115 Å². The number of carbonyl (C=O) groups excluding carboxylic acids is 1. The lowest BCUT2D eigenvalue weighted by atomic mass is 10.0. The molecule has 1 aliphatic heterocycles. The fourth-order valence-electron chi connectivity index (χ4n) is 2.33. The van der Waals surface area contributed by atoms with E-state index in [1.165, 1.54) is 0 Å². The maximum atomic E-state index is 12.4. The van der Waals surface area contributed by atoms with Crippen LogP contribution in [0.15, 0.2) is 18.2 Å². The van der Waals surface area contributed by atoms with Gasteiger partial charge in [-0.1, -0.05) is 0 Å². The zero-order valence-corrected chi connectivity index (χ0v) is 11.3. The van der Waals surface area contributed by atoms with Crippen LogP contribution >= 0.6 is 0 Å². The number of nitrogens with one attached hydrogen (secondary N) is 1. The summed E-state index contributed by atoms with van der Waals surface area (Å²) in [6, 6.07) is 5.05. The first kappa shape index (κ1) is 14.7. The van der Waals surface area contributed by atoms with Gasteiger partial charge in [-0.05, 0) is 43.5 Å². The molecule has 1 aromatic rings. The van der Waals surface area contributed by atoms with Crippen LogP contribution in [0.3, 0.4) is 0 Å². The Morgan fingerprint density at radius 1 is 1.40 bits per heavy atom. The maximum absolute atomic E-state index is 12.4. The third-order valence-electron chi connectivity index (χ3n) is 3.33. The van der Waals surface area contributed by atoms with Crippen molar-refractivity contribution in [1.29, 1.82) is 0 Å². The van der Waals surface area contributed by atoms with E-state index in [2.05, 4.69) is 5.32 Å². The molecule has 3 nitrogen and oxygen atoms in total. The number of aryl methyl sites for hydroxylation is 1. The topological polar surface area (TPSA) is 32.3 Å². The highest BCUT2D eigenvalue weighted by Crippen LogP contribution is 2.24. The minimum atomic E-state index is -4.37. The van der Waals surface area contributed by atoms with E-state index >= 15 is 0 Å². The number of amides is 1. The van der Waals surface area contributed by atoms with Gasteiger partial charge in [0.15, 0.2) is 0 Å². The highest BCUT2D eigenvalue weighted by molar-refractivity contribution is 5.95. The minimum Gasteiger partial charge on any atom is -0.385 e. The van der Waals surface area contributed by atoms with Gasteiger partial charge < -0.3 is 10.2 Å². The van der Waals surface area contributed by atoms with Crippen molar-refractivity contribution in [3.05, 3.63) is 29.3 Å². The summed E-state index contributed by atoms with van der Waals surface area (Å²) in [7, 11) is 0. The van der Waals surface area contributed by atoms with Crippen LogP contribution in [0.1, 0.15) is 29.3 Å². The number of alkyl halides is 3. The standard InChI is InChI=1S/C14H17F3N2O/c1-2-19(9-14(15,16)17)13(20)11-5-6-12-10(8-11)4-3-7-18-12/h5-6,8,18H,2-4,7,9H2,1H3. The number of rotatable bonds is 3. The summed E-state index contributed by atoms with van der Waals surface area (Å²) in [5, 5.41) is 3.21. The smallest absolute Gasteiger partial charge is 0.385 e. The van der Waals surface area contributed by atoms with Crippen molar-refractivity contribution in [1.82, 2.24) is 4.90 Å². The van der Waals surface area contributed by atoms with E-state index in [-0.39, 0.29) is 6.54 Å². The van der Waals surface area contributed by atoms with Crippen molar-refractivity contribution >= 4 is 11.6 Å². The number of carbonyl (C=O) groups is 1. The number of halogens is 3. The Kier molecular flexibility index (Phi) is 4.20. The first-order valence-electron chi connectivity index (χ1n) is 6.63. The molecule has 110 valence electrons. The Morgan fingerprint density at radius 2 is 2.15 bits per heavy atom. The summed E-state index contributed by atoms with van der Waals surface area (Å²) in [4.78, 5) is 13.0. The molecule has 0 bridgehead atoms. The molecule has 0 spiro atoms. The second-order valence-electron chi connectivity index (χ2n) is 4.84. The molecule has 1 N–H and O–H groups in total. The van der Waals surface area contributed by atoms with Crippen molar-refractivity contribution < 1.29 is 18.0 Å². The quantitative estimate of drug-likeness (QED) is 0.926. The van der Waals surface area contributed by atoms with Gasteiger partial charge in [0.1, 0.15) is 6.54 Å². The molecule has 0 unspecified atom stereocenters. The number of hydrogen-bond donors (Lipinski definition) is 1. The number of hydrogen-bond acceptors (Lipinski definition) is 2. The van der Waals surface area contributed by atoms with E-state index in [9.17, 15) is 18.0 Å². The highest BCUT2D eigenvalue weighted by Gasteiger charge is 2.32. The number of nitrogens with zero attached hydrogens (tertiary/aromatic N) is 1. The van der Waals surface area contributed by atoms with Gasteiger partial charge in [0.05, 0.1) is 0 Å². The number of anilines is 1. The average molecular weight is 286 g/mol. The molecule has 0 saturated carbocycles. The van der Waals surface area contributed by atoms with Crippen LogP contribution in [0.5, 0.6) is 0 Å². The number of fused-ring (bicyclic) bond motifs is 1. The van der Waals surface area contributed by atoms with Crippen molar-refractivity contribution in [3.63, 3.8) is 0 Å². The molecule has 1 amide bonds. The van der Waals surface area contributed by atoms with Gasteiger partial charge in [0.2, 0.25) is 0 Å². The summed E-state index contributed by atoms with van der Waals surface area (Å²) < 4.78 is 37.3. The van der Waals surface area contributed by atoms with E-state index in [1.807, 2.05) is 0 Å². The van der Waals surface area contributed by atoms with Gasteiger partial charge in [-0.3, -0.25) is 4.79 Å². The second-order valence-corrected chi connectivity index (χ2v) is 4.84. The lowest BCUT2D eigenvalue weighted by Gasteiger charge is -2.24. The molecule has 1 aromatic carbocycles. The second kappa shape index (κ2) is 5.73. The molecule has 20 heavy (non-hydrogen) atoms. The normalized spacial score (nSPS) is 14.4. The molecule has 0 atom stereocenters. The van der Waals surface area contributed by atoms with Crippen molar-refractivity contribution in [2.24, 2.45) is 0 Å². The molecule has 0 fully saturated rings. The molecule has 0 aromatic heterocycles. The van der Waals surface area contributed by atoms with E-state index in [0.717, 1.165) is 35.5 Å². The average Bonchev–Trinajstić information content (AvgIpc) is 2.42. The third kappa shape index (κ3) is 3.43. The molecule has 2 rings (SSSR count). The molecule has 6 heteroatoms.